The molecule has 0 amide bonds. The lowest BCUT2D eigenvalue weighted by atomic mass is 10.0. The Balaban J connectivity index is 2.13. The van der Waals surface area contributed by atoms with Crippen molar-refractivity contribution in [2.75, 3.05) is 20.5 Å². The van der Waals surface area contributed by atoms with E-state index in [1.54, 1.807) is 7.11 Å². The Morgan fingerprint density at radius 3 is 2.45 bits per heavy atom. The van der Waals surface area contributed by atoms with E-state index >= 15 is 0 Å². The molecule has 0 aliphatic carbocycles. The lowest BCUT2D eigenvalue weighted by molar-refractivity contribution is -0.177. The lowest BCUT2D eigenvalue weighted by Gasteiger charge is -2.28. The SMILES string of the molecule is C#CC[C@@H](OCOC)[C@@H]1OC(C)(C)O[C@H]1[C@H]1COC(C)(C)O1. The Morgan fingerprint density at radius 2 is 1.91 bits per heavy atom. The summed E-state index contributed by atoms with van der Waals surface area (Å²) in [6, 6.07) is 0. The Labute approximate surface area is 132 Å². The molecule has 0 aromatic heterocycles. The molecule has 0 aromatic carbocycles. The van der Waals surface area contributed by atoms with Gasteiger partial charge in [0.15, 0.2) is 11.6 Å². The molecule has 0 unspecified atom stereocenters. The third-order valence-corrected chi connectivity index (χ3v) is 3.65. The second-order valence-corrected chi connectivity index (χ2v) is 6.45. The summed E-state index contributed by atoms with van der Waals surface area (Å²) in [5, 5.41) is 0. The van der Waals surface area contributed by atoms with Gasteiger partial charge in [0.2, 0.25) is 0 Å². The van der Waals surface area contributed by atoms with Gasteiger partial charge in [-0.05, 0) is 27.7 Å². The third kappa shape index (κ3) is 4.19. The highest BCUT2D eigenvalue weighted by Crippen LogP contribution is 2.37. The smallest absolute Gasteiger partial charge is 0.164 e. The molecule has 0 bridgehead atoms. The summed E-state index contributed by atoms with van der Waals surface area (Å²) in [6.45, 7) is 8.08. The van der Waals surface area contributed by atoms with Gasteiger partial charge in [-0.2, -0.15) is 0 Å². The van der Waals surface area contributed by atoms with Crippen molar-refractivity contribution in [3.8, 4) is 12.3 Å². The maximum atomic E-state index is 6.03. The van der Waals surface area contributed by atoms with Gasteiger partial charge < -0.3 is 28.4 Å². The second-order valence-electron chi connectivity index (χ2n) is 6.45. The van der Waals surface area contributed by atoms with E-state index < -0.39 is 11.6 Å². The summed E-state index contributed by atoms with van der Waals surface area (Å²) in [5.41, 5.74) is 0. The van der Waals surface area contributed by atoms with Gasteiger partial charge in [-0.25, -0.2) is 0 Å². The van der Waals surface area contributed by atoms with Crippen LogP contribution in [0, 0.1) is 12.3 Å². The van der Waals surface area contributed by atoms with E-state index in [-0.39, 0.29) is 31.2 Å². The van der Waals surface area contributed by atoms with E-state index in [2.05, 4.69) is 5.92 Å². The number of hydrogen-bond donors (Lipinski definition) is 0. The van der Waals surface area contributed by atoms with Crippen molar-refractivity contribution in [1.82, 2.24) is 0 Å². The zero-order chi connectivity index (χ0) is 16.4. The van der Waals surface area contributed by atoms with Crippen molar-refractivity contribution >= 4 is 0 Å². The molecule has 2 heterocycles. The van der Waals surface area contributed by atoms with Crippen LogP contribution in [-0.4, -0.2) is 56.5 Å². The zero-order valence-corrected chi connectivity index (χ0v) is 14.0. The van der Waals surface area contributed by atoms with Gasteiger partial charge in [-0.15, -0.1) is 12.3 Å². The van der Waals surface area contributed by atoms with Crippen molar-refractivity contribution < 1.29 is 28.4 Å². The molecule has 0 spiro atoms. The largest absolute Gasteiger partial charge is 0.359 e. The fourth-order valence-corrected chi connectivity index (χ4v) is 2.81. The first kappa shape index (κ1) is 17.7. The minimum Gasteiger partial charge on any atom is -0.359 e. The first-order valence-electron chi connectivity index (χ1n) is 7.49. The minimum absolute atomic E-state index is 0.146. The van der Waals surface area contributed by atoms with Crippen LogP contribution in [0.2, 0.25) is 0 Å². The highest BCUT2D eigenvalue weighted by Gasteiger charge is 2.52. The van der Waals surface area contributed by atoms with Crippen LogP contribution >= 0.6 is 0 Å². The summed E-state index contributed by atoms with van der Waals surface area (Å²) in [4.78, 5) is 0. The van der Waals surface area contributed by atoms with Gasteiger partial charge in [0.05, 0.1) is 6.61 Å². The molecule has 2 fully saturated rings. The Morgan fingerprint density at radius 1 is 1.18 bits per heavy atom. The van der Waals surface area contributed by atoms with E-state index in [0.717, 1.165) is 0 Å². The number of hydrogen-bond acceptors (Lipinski definition) is 6. The average molecular weight is 314 g/mol. The molecule has 2 saturated heterocycles. The summed E-state index contributed by atoms with van der Waals surface area (Å²) >= 11 is 0. The highest BCUT2D eigenvalue weighted by atomic mass is 16.8. The first-order valence-corrected chi connectivity index (χ1v) is 7.49. The van der Waals surface area contributed by atoms with Gasteiger partial charge in [0, 0.05) is 13.5 Å². The van der Waals surface area contributed by atoms with Crippen LogP contribution in [0.3, 0.4) is 0 Å². The van der Waals surface area contributed by atoms with Gasteiger partial charge >= 0.3 is 0 Å². The molecule has 126 valence electrons. The van der Waals surface area contributed by atoms with Crippen molar-refractivity contribution in [3.63, 3.8) is 0 Å². The lowest BCUT2D eigenvalue weighted by Crippen LogP contribution is -2.45. The van der Waals surface area contributed by atoms with Crippen molar-refractivity contribution in [3.05, 3.63) is 0 Å². The number of ether oxygens (including phenoxy) is 6. The Kier molecular flexibility index (Phi) is 5.49. The molecule has 4 atom stereocenters. The fourth-order valence-electron chi connectivity index (χ4n) is 2.81. The molecule has 2 aliphatic rings. The topological polar surface area (TPSA) is 55.4 Å². The summed E-state index contributed by atoms with van der Waals surface area (Å²) in [7, 11) is 1.57. The monoisotopic (exact) mass is 314 g/mol. The Bertz CT molecular complexity index is 413. The van der Waals surface area contributed by atoms with Crippen LogP contribution in [-0.2, 0) is 28.4 Å². The van der Waals surface area contributed by atoms with E-state index in [0.29, 0.717) is 13.0 Å². The molecule has 22 heavy (non-hydrogen) atoms. The van der Waals surface area contributed by atoms with Crippen LogP contribution in [0.1, 0.15) is 34.1 Å². The summed E-state index contributed by atoms with van der Waals surface area (Å²) < 4.78 is 34.3. The van der Waals surface area contributed by atoms with E-state index in [1.165, 1.54) is 0 Å². The molecule has 0 aromatic rings. The van der Waals surface area contributed by atoms with Crippen molar-refractivity contribution in [2.45, 2.75) is 70.1 Å². The summed E-state index contributed by atoms with van der Waals surface area (Å²) in [5.74, 6) is 1.27. The van der Waals surface area contributed by atoms with Crippen LogP contribution in [0.25, 0.3) is 0 Å². The number of rotatable bonds is 6. The first-order chi connectivity index (χ1) is 10.3. The van der Waals surface area contributed by atoms with E-state index in [4.69, 9.17) is 34.8 Å². The van der Waals surface area contributed by atoms with Gasteiger partial charge in [-0.3, -0.25) is 0 Å². The van der Waals surface area contributed by atoms with Crippen molar-refractivity contribution in [1.29, 1.82) is 0 Å². The molecule has 0 N–H and O–H groups in total. The predicted octanol–water partition coefficient (Wildman–Crippen LogP) is 1.67. The standard InChI is InChI=1S/C16H26O6/c1-7-8-11(18-10-17-6)13-14(22-16(4,5)21-13)12-9-19-15(2,3)20-12/h1,11-14H,8-10H2,2-6H3/t11-,12-,13+,14+/m1/s1. The quantitative estimate of drug-likeness (QED) is 0.549. The highest BCUT2D eigenvalue weighted by molar-refractivity contribution is 4.98. The molecule has 2 rings (SSSR count). The van der Waals surface area contributed by atoms with E-state index in [9.17, 15) is 0 Å². The fraction of sp³-hybridized carbons (Fsp3) is 0.875. The van der Waals surface area contributed by atoms with Gasteiger partial charge in [-0.1, -0.05) is 0 Å². The Hall–Kier alpha value is -0.680. The normalized spacial score (nSPS) is 34.5. The third-order valence-electron chi connectivity index (χ3n) is 3.65. The molecule has 0 radical (unpaired) electrons. The summed E-state index contributed by atoms with van der Waals surface area (Å²) in [6.07, 6.45) is 4.64. The molecular weight excluding hydrogens is 288 g/mol. The number of methoxy groups -OCH3 is 1. The number of terminal acetylenes is 1. The maximum absolute atomic E-state index is 6.03. The van der Waals surface area contributed by atoms with Gasteiger partial charge in [0.1, 0.15) is 31.2 Å². The predicted molar refractivity (Wildman–Crippen MR) is 78.9 cm³/mol. The van der Waals surface area contributed by atoms with Crippen LogP contribution in [0.5, 0.6) is 0 Å². The van der Waals surface area contributed by atoms with E-state index in [1.807, 2.05) is 27.7 Å². The molecule has 6 nitrogen and oxygen atoms in total. The van der Waals surface area contributed by atoms with Crippen LogP contribution < -0.4 is 0 Å². The zero-order valence-electron chi connectivity index (χ0n) is 14.0. The van der Waals surface area contributed by atoms with Crippen LogP contribution in [0.15, 0.2) is 0 Å². The maximum Gasteiger partial charge on any atom is 0.164 e. The minimum atomic E-state index is -0.727. The van der Waals surface area contributed by atoms with Crippen LogP contribution in [0.4, 0.5) is 0 Å². The van der Waals surface area contributed by atoms with Crippen molar-refractivity contribution in [2.24, 2.45) is 0 Å². The molecule has 6 heteroatoms. The molecule has 2 aliphatic heterocycles. The second kappa shape index (κ2) is 6.83. The molecule has 0 saturated carbocycles. The molecular formula is C16H26O6. The van der Waals surface area contributed by atoms with Gasteiger partial charge in [0.25, 0.3) is 0 Å². The average Bonchev–Trinajstić information content (AvgIpc) is 2.94.